The molecule has 2 amide bonds. The van der Waals surface area contributed by atoms with Crippen molar-refractivity contribution in [3.05, 3.63) is 82.4 Å². The van der Waals surface area contributed by atoms with Crippen molar-refractivity contribution < 1.29 is 28.7 Å². The summed E-state index contributed by atoms with van der Waals surface area (Å²) in [4.78, 5) is 43.4. The van der Waals surface area contributed by atoms with E-state index in [9.17, 15) is 19.7 Å². The Morgan fingerprint density at radius 2 is 1.95 bits per heavy atom. The van der Waals surface area contributed by atoms with Crippen molar-refractivity contribution in [3.8, 4) is 17.2 Å². The molecule has 2 heterocycles. The predicted molar refractivity (Wildman–Crippen MR) is 141 cm³/mol. The van der Waals surface area contributed by atoms with E-state index in [0.29, 0.717) is 22.4 Å². The van der Waals surface area contributed by atoms with Gasteiger partial charge in [-0.15, -0.1) is 0 Å². The van der Waals surface area contributed by atoms with Crippen LogP contribution in [0.3, 0.4) is 0 Å². The summed E-state index contributed by atoms with van der Waals surface area (Å²) in [6, 6.07) is 18.8. The van der Waals surface area contributed by atoms with Crippen molar-refractivity contribution >= 4 is 45.8 Å². The first-order valence-corrected chi connectivity index (χ1v) is 12.4. The first-order valence-electron chi connectivity index (χ1n) is 11.5. The summed E-state index contributed by atoms with van der Waals surface area (Å²) in [6.07, 6.45) is -0.196. The Hall–Kier alpha value is -4.58. The lowest BCUT2D eigenvalue weighted by Crippen LogP contribution is -2.33. The number of nitro groups is 1. The molecule has 1 fully saturated rings. The second kappa shape index (κ2) is 10.8. The lowest BCUT2D eigenvalue weighted by Gasteiger charge is -2.17. The second-order valence-corrected chi connectivity index (χ2v) is 9.51. The maximum atomic E-state index is 13.5. The van der Waals surface area contributed by atoms with Crippen molar-refractivity contribution in [1.82, 2.24) is 4.90 Å². The molecule has 0 radical (unpaired) electrons. The van der Waals surface area contributed by atoms with Gasteiger partial charge in [-0.1, -0.05) is 36.0 Å². The number of hydrogen-bond acceptors (Lipinski definition) is 9. The number of methoxy groups -OCH3 is 1. The fourth-order valence-electron chi connectivity index (χ4n) is 3.97. The van der Waals surface area contributed by atoms with Gasteiger partial charge in [0.2, 0.25) is 18.6 Å². The summed E-state index contributed by atoms with van der Waals surface area (Å²) in [5.74, 6) is 0.698. The number of anilines is 1. The van der Waals surface area contributed by atoms with E-state index in [1.165, 1.54) is 42.0 Å². The van der Waals surface area contributed by atoms with E-state index in [0.717, 1.165) is 5.56 Å². The number of carbonyl (C=O) groups excluding carboxylic acids is 2. The van der Waals surface area contributed by atoms with E-state index in [1.807, 2.05) is 42.5 Å². The number of thioether (sulfide) groups is 1. The molecule has 194 valence electrons. The number of nitrogens with one attached hydrogen (secondary N) is 1. The van der Waals surface area contributed by atoms with Gasteiger partial charge in [0.25, 0.3) is 5.69 Å². The molecule has 3 aromatic carbocycles. The maximum Gasteiger partial charge on any atom is 0.296 e. The van der Waals surface area contributed by atoms with Crippen LogP contribution >= 0.6 is 11.8 Å². The highest BCUT2D eigenvalue weighted by atomic mass is 32.2. The summed E-state index contributed by atoms with van der Waals surface area (Å²) < 4.78 is 15.9. The van der Waals surface area contributed by atoms with E-state index in [4.69, 9.17) is 14.2 Å². The van der Waals surface area contributed by atoms with Crippen molar-refractivity contribution in [2.45, 2.75) is 18.2 Å². The van der Waals surface area contributed by atoms with Crippen LogP contribution in [-0.4, -0.2) is 46.0 Å². The standard InChI is InChI=1S/C26H22N4O7S/c1-35-18-8-9-19(20(12-18)30(33)34)28-24(31)13-23-25(32)29(26(38-23)27-17-5-3-2-4-6-17)14-16-7-10-21-22(11-16)37-15-36-21/h2-12,23H,13-15H2,1H3,(H,28,31). The number of nitro benzene ring substituents is 1. The molecule has 1 N–H and O–H groups in total. The van der Waals surface area contributed by atoms with Crippen molar-refractivity contribution in [3.63, 3.8) is 0 Å². The number of amides is 2. The zero-order valence-electron chi connectivity index (χ0n) is 20.2. The van der Waals surface area contributed by atoms with Crippen LogP contribution in [0.25, 0.3) is 0 Å². The molecule has 0 bridgehead atoms. The van der Waals surface area contributed by atoms with Gasteiger partial charge in [-0.25, -0.2) is 4.99 Å². The largest absolute Gasteiger partial charge is 0.496 e. The van der Waals surface area contributed by atoms with Gasteiger partial charge in [0.1, 0.15) is 16.7 Å². The average Bonchev–Trinajstić information content (AvgIpc) is 3.49. The Kier molecular flexibility index (Phi) is 7.13. The fourth-order valence-corrected chi connectivity index (χ4v) is 5.13. The molecular formula is C26H22N4O7S. The molecule has 3 aromatic rings. The first-order chi connectivity index (χ1) is 18.4. The Bertz CT molecular complexity index is 1430. The SMILES string of the molecule is COc1ccc(NC(=O)CC2SC(=Nc3ccccc3)N(Cc3ccc4c(c3)OCO4)C2=O)c([N+](=O)[O-])c1. The quantitative estimate of drug-likeness (QED) is 0.330. The van der Waals surface area contributed by atoms with Crippen LogP contribution in [0.4, 0.5) is 17.1 Å². The molecule has 11 nitrogen and oxygen atoms in total. The molecule has 12 heteroatoms. The Balaban J connectivity index is 1.36. The van der Waals surface area contributed by atoms with E-state index in [1.54, 1.807) is 6.07 Å². The molecule has 0 saturated carbocycles. The van der Waals surface area contributed by atoms with Crippen molar-refractivity contribution in [1.29, 1.82) is 0 Å². The number of para-hydroxylation sites is 1. The van der Waals surface area contributed by atoms with Gasteiger partial charge in [0.15, 0.2) is 16.7 Å². The monoisotopic (exact) mass is 534 g/mol. The second-order valence-electron chi connectivity index (χ2n) is 8.34. The van der Waals surface area contributed by atoms with Crippen LogP contribution in [0, 0.1) is 10.1 Å². The topological polar surface area (TPSA) is 133 Å². The Labute approximate surface area is 221 Å². The lowest BCUT2D eigenvalue weighted by molar-refractivity contribution is -0.384. The van der Waals surface area contributed by atoms with Gasteiger partial charge in [0.05, 0.1) is 30.3 Å². The number of benzene rings is 3. The highest BCUT2D eigenvalue weighted by Gasteiger charge is 2.39. The molecule has 1 atom stereocenters. The van der Waals surface area contributed by atoms with Gasteiger partial charge in [-0.3, -0.25) is 24.6 Å². The summed E-state index contributed by atoms with van der Waals surface area (Å²) in [5.41, 5.74) is 1.19. The summed E-state index contributed by atoms with van der Waals surface area (Å²) in [5, 5.41) is 13.7. The molecular weight excluding hydrogens is 512 g/mol. The van der Waals surface area contributed by atoms with Crippen LogP contribution in [-0.2, 0) is 16.1 Å². The predicted octanol–water partition coefficient (Wildman–Crippen LogP) is 4.49. The number of nitrogens with zero attached hydrogens (tertiary/aromatic N) is 3. The van der Waals surface area contributed by atoms with Crippen LogP contribution < -0.4 is 19.5 Å². The number of hydrogen-bond donors (Lipinski definition) is 1. The van der Waals surface area contributed by atoms with Crippen LogP contribution in [0.5, 0.6) is 17.2 Å². The fraction of sp³-hybridized carbons (Fsp3) is 0.192. The van der Waals surface area contributed by atoms with E-state index < -0.39 is 16.1 Å². The van der Waals surface area contributed by atoms with Gasteiger partial charge in [0, 0.05) is 6.42 Å². The molecule has 0 aromatic heterocycles. The summed E-state index contributed by atoms with van der Waals surface area (Å²) in [6.45, 7) is 0.359. The Morgan fingerprint density at radius 3 is 2.71 bits per heavy atom. The number of rotatable bonds is 8. The van der Waals surface area contributed by atoms with E-state index >= 15 is 0 Å². The first kappa shape index (κ1) is 25.1. The van der Waals surface area contributed by atoms with Gasteiger partial charge < -0.3 is 19.5 Å². The number of amidine groups is 1. The third-order valence-electron chi connectivity index (χ3n) is 5.83. The van der Waals surface area contributed by atoms with Gasteiger partial charge >= 0.3 is 0 Å². The number of ether oxygens (including phenoxy) is 3. The average molecular weight is 535 g/mol. The van der Waals surface area contributed by atoms with Crippen molar-refractivity contribution in [2.24, 2.45) is 4.99 Å². The minimum Gasteiger partial charge on any atom is -0.496 e. The summed E-state index contributed by atoms with van der Waals surface area (Å²) in [7, 11) is 1.39. The van der Waals surface area contributed by atoms with E-state index in [-0.39, 0.29) is 42.8 Å². The minimum absolute atomic E-state index is 0.0200. The van der Waals surface area contributed by atoms with Gasteiger partial charge in [-0.05, 0) is 42.0 Å². The molecule has 5 rings (SSSR count). The van der Waals surface area contributed by atoms with Gasteiger partial charge in [-0.2, -0.15) is 0 Å². The highest BCUT2D eigenvalue weighted by Crippen LogP contribution is 2.36. The van der Waals surface area contributed by atoms with Crippen LogP contribution in [0.2, 0.25) is 0 Å². The Morgan fingerprint density at radius 1 is 1.16 bits per heavy atom. The molecule has 2 aliphatic rings. The molecule has 1 saturated heterocycles. The van der Waals surface area contributed by atoms with E-state index in [2.05, 4.69) is 10.3 Å². The normalized spacial score (nSPS) is 17.1. The van der Waals surface area contributed by atoms with Crippen LogP contribution in [0.15, 0.2) is 71.7 Å². The molecule has 0 spiro atoms. The third kappa shape index (κ3) is 5.39. The summed E-state index contributed by atoms with van der Waals surface area (Å²) >= 11 is 1.18. The third-order valence-corrected chi connectivity index (χ3v) is 7.00. The molecule has 0 aliphatic carbocycles. The molecule has 2 aliphatic heterocycles. The highest BCUT2D eigenvalue weighted by molar-refractivity contribution is 8.15. The lowest BCUT2D eigenvalue weighted by atomic mass is 10.1. The smallest absolute Gasteiger partial charge is 0.296 e. The number of carbonyl (C=O) groups is 2. The zero-order valence-corrected chi connectivity index (χ0v) is 21.0. The zero-order chi connectivity index (χ0) is 26.6. The number of fused-ring (bicyclic) bond motifs is 1. The van der Waals surface area contributed by atoms with Crippen molar-refractivity contribution in [2.75, 3.05) is 19.2 Å². The minimum atomic E-state index is -0.760. The number of aliphatic imine (C=N–C) groups is 1. The van der Waals surface area contributed by atoms with Crippen LogP contribution in [0.1, 0.15) is 12.0 Å². The maximum absolute atomic E-state index is 13.5. The molecule has 1 unspecified atom stereocenters. The molecule has 38 heavy (non-hydrogen) atoms.